The third kappa shape index (κ3) is 4.69. The van der Waals surface area contributed by atoms with E-state index in [1.807, 2.05) is 49.4 Å². The number of aromatic nitrogens is 3. The second kappa shape index (κ2) is 9.08. The van der Waals surface area contributed by atoms with Gasteiger partial charge in [0.15, 0.2) is 12.3 Å². The van der Waals surface area contributed by atoms with E-state index in [-0.39, 0.29) is 24.6 Å². The number of pyridine rings is 1. The summed E-state index contributed by atoms with van der Waals surface area (Å²) in [5.74, 6) is -0.694. The monoisotopic (exact) mass is 415 g/mol. The molecule has 0 aliphatic carbocycles. The van der Waals surface area contributed by atoms with Crippen molar-refractivity contribution in [2.75, 3.05) is 11.9 Å². The molecule has 0 spiro atoms. The molecule has 2 aromatic heterocycles. The summed E-state index contributed by atoms with van der Waals surface area (Å²) in [6.45, 7) is 1.64. The van der Waals surface area contributed by atoms with E-state index in [0.29, 0.717) is 16.9 Å². The second-order valence-electron chi connectivity index (χ2n) is 6.90. The van der Waals surface area contributed by atoms with Crippen LogP contribution in [-0.2, 0) is 4.79 Å². The number of carbonyl (C=O) groups is 2. The summed E-state index contributed by atoms with van der Waals surface area (Å²) in [6, 6.07) is 22.0. The van der Waals surface area contributed by atoms with E-state index in [1.165, 1.54) is 0 Å². The SMILES string of the molecule is CC(NC(=O)c1ccccc1NC(=O)COc1nnc2ccccn12)c1ccccc1. The summed E-state index contributed by atoms with van der Waals surface area (Å²) in [5, 5.41) is 13.6. The lowest BCUT2D eigenvalue weighted by Crippen LogP contribution is -2.28. The van der Waals surface area contributed by atoms with Gasteiger partial charge in [-0.25, -0.2) is 0 Å². The first-order valence-corrected chi connectivity index (χ1v) is 9.79. The van der Waals surface area contributed by atoms with Gasteiger partial charge in [0.05, 0.1) is 17.3 Å². The molecule has 31 heavy (non-hydrogen) atoms. The first-order chi connectivity index (χ1) is 15.1. The molecular formula is C23H21N5O3. The highest BCUT2D eigenvalue weighted by Gasteiger charge is 2.16. The van der Waals surface area contributed by atoms with E-state index in [0.717, 1.165) is 5.56 Å². The molecule has 0 bridgehead atoms. The van der Waals surface area contributed by atoms with Crippen LogP contribution in [-0.4, -0.2) is 33.0 Å². The molecule has 0 saturated carbocycles. The van der Waals surface area contributed by atoms with Gasteiger partial charge in [-0.2, -0.15) is 0 Å². The van der Waals surface area contributed by atoms with Crippen molar-refractivity contribution in [3.63, 3.8) is 0 Å². The third-order valence-electron chi connectivity index (χ3n) is 4.71. The van der Waals surface area contributed by atoms with Gasteiger partial charge < -0.3 is 15.4 Å². The quantitative estimate of drug-likeness (QED) is 0.483. The van der Waals surface area contributed by atoms with Crippen LogP contribution < -0.4 is 15.4 Å². The molecule has 0 saturated heterocycles. The normalized spacial score (nSPS) is 11.6. The number of nitrogens with one attached hydrogen (secondary N) is 2. The standard InChI is InChI=1S/C23H21N5O3/c1-16(17-9-3-2-4-10-17)24-22(30)18-11-5-6-12-19(18)25-21(29)15-31-23-27-26-20-13-7-8-14-28(20)23/h2-14,16H,15H2,1H3,(H,24,30)(H,25,29). The molecule has 2 amide bonds. The molecule has 2 aromatic carbocycles. The first kappa shape index (κ1) is 20.1. The zero-order valence-corrected chi connectivity index (χ0v) is 16.9. The van der Waals surface area contributed by atoms with Gasteiger partial charge in [-0.3, -0.25) is 14.0 Å². The van der Waals surface area contributed by atoms with Crippen molar-refractivity contribution in [2.45, 2.75) is 13.0 Å². The average molecular weight is 415 g/mol. The van der Waals surface area contributed by atoms with Crippen molar-refractivity contribution in [1.82, 2.24) is 19.9 Å². The van der Waals surface area contributed by atoms with Crippen molar-refractivity contribution in [2.24, 2.45) is 0 Å². The Morgan fingerprint density at radius 3 is 2.55 bits per heavy atom. The van der Waals surface area contributed by atoms with Crippen LogP contribution in [0.15, 0.2) is 79.0 Å². The predicted octanol–water partition coefficient (Wildman–Crippen LogP) is 3.24. The molecule has 2 N–H and O–H groups in total. The summed E-state index contributed by atoms with van der Waals surface area (Å²) < 4.78 is 7.13. The van der Waals surface area contributed by atoms with Crippen LogP contribution in [0.3, 0.4) is 0 Å². The number of para-hydroxylation sites is 1. The van der Waals surface area contributed by atoms with Crippen molar-refractivity contribution >= 4 is 23.1 Å². The molecule has 0 radical (unpaired) electrons. The predicted molar refractivity (Wildman–Crippen MR) is 116 cm³/mol. The lowest BCUT2D eigenvalue weighted by Gasteiger charge is -2.16. The van der Waals surface area contributed by atoms with Crippen LogP contribution in [0.25, 0.3) is 5.65 Å². The Hall–Kier alpha value is -4.20. The van der Waals surface area contributed by atoms with Crippen molar-refractivity contribution in [3.8, 4) is 6.01 Å². The van der Waals surface area contributed by atoms with Gasteiger partial charge in [-0.1, -0.05) is 53.6 Å². The van der Waals surface area contributed by atoms with Crippen LogP contribution in [0.1, 0.15) is 28.9 Å². The van der Waals surface area contributed by atoms with Gasteiger partial charge in [-0.05, 0) is 36.8 Å². The number of hydrogen-bond acceptors (Lipinski definition) is 5. The molecule has 4 aromatic rings. The summed E-state index contributed by atoms with van der Waals surface area (Å²) in [7, 11) is 0. The van der Waals surface area contributed by atoms with Crippen molar-refractivity contribution in [1.29, 1.82) is 0 Å². The molecule has 1 atom stereocenters. The van der Waals surface area contributed by atoms with Gasteiger partial charge >= 0.3 is 6.01 Å². The van der Waals surface area contributed by atoms with Crippen LogP contribution in [0, 0.1) is 0 Å². The number of rotatable bonds is 7. The summed E-state index contributed by atoms with van der Waals surface area (Å²) in [4.78, 5) is 25.2. The van der Waals surface area contributed by atoms with Gasteiger partial charge in [-0.15, -0.1) is 5.10 Å². The average Bonchev–Trinajstić information content (AvgIpc) is 3.22. The number of benzene rings is 2. The molecule has 4 rings (SSSR count). The Bertz CT molecular complexity index is 1210. The van der Waals surface area contributed by atoms with Crippen LogP contribution in [0.2, 0.25) is 0 Å². The minimum absolute atomic E-state index is 0.179. The fraction of sp³-hybridized carbons (Fsp3) is 0.130. The van der Waals surface area contributed by atoms with Gasteiger partial charge in [0, 0.05) is 6.20 Å². The Kier molecular flexibility index (Phi) is 5.89. The summed E-state index contributed by atoms with van der Waals surface area (Å²) in [6.07, 6.45) is 1.75. The number of ether oxygens (including phenoxy) is 1. The van der Waals surface area contributed by atoms with E-state index in [1.54, 1.807) is 40.9 Å². The third-order valence-corrected chi connectivity index (χ3v) is 4.71. The van der Waals surface area contributed by atoms with Gasteiger partial charge in [0.2, 0.25) is 0 Å². The van der Waals surface area contributed by atoms with Crippen molar-refractivity contribution in [3.05, 3.63) is 90.1 Å². The molecule has 8 nitrogen and oxygen atoms in total. The van der Waals surface area contributed by atoms with E-state index in [2.05, 4.69) is 20.8 Å². The molecule has 0 aliphatic rings. The Labute approximate surface area is 178 Å². The van der Waals surface area contributed by atoms with Crippen molar-refractivity contribution < 1.29 is 14.3 Å². The number of anilines is 1. The first-order valence-electron chi connectivity index (χ1n) is 9.79. The largest absolute Gasteiger partial charge is 0.453 e. The lowest BCUT2D eigenvalue weighted by atomic mass is 10.1. The summed E-state index contributed by atoms with van der Waals surface area (Å²) >= 11 is 0. The molecule has 8 heteroatoms. The van der Waals surface area contributed by atoms with E-state index < -0.39 is 5.91 Å². The molecular weight excluding hydrogens is 394 g/mol. The van der Waals surface area contributed by atoms with Crippen LogP contribution in [0.4, 0.5) is 5.69 Å². The molecule has 1 unspecified atom stereocenters. The zero-order valence-electron chi connectivity index (χ0n) is 16.9. The Balaban J connectivity index is 1.40. The highest BCUT2D eigenvalue weighted by molar-refractivity contribution is 6.04. The zero-order chi connectivity index (χ0) is 21.6. The topological polar surface area (TPSA) is 97.6 Å². The lowest BCUT2D eigenvalue weighted by molar-refractivity contribution is -0.118. The minimum Gasteiger partial charge on any atom is -0.453 e. The number of fused-ring (bicyclic) bond motifs is 1. The van der Waals surface area contributed by atoms with Crippen LogP contribution in [0.5, 0.6) is 6.01 Å². The number of amides is 2. The Morgan fingerprint density at radius 2 is 1.71 bits per heavy atom. The van der Waals surface area contributed by atoms with E-state index in [4.69, 9.17) is 4.74 Å². The van der Waals surface area contributed by atoms with Gasteiger partial charge in [0.25, 0.3) is 11.8 Å². The fourth-order valence-corrected chi connectivity index (χ4v) is 3.12. The molecule has 0 fully saturated rings. The Morgan fingerprint density at radius 1 is 0.968 bits per heavy atom. The second-order valence-corrected chi connectivity index (χ2v) is 6.90. The van der Waals surface area contributed by atoms with Crippen LogP contribution >= 0.6 is 0 Å². The number of carbonyl (C=O) groups excluding carboxylic acids is 2. The highest BCUT2D eigenvalue weighted by atomic mass is 16.5. The maximum absolute atomic E-state index is 12.8. The fourth-order valence-electron chi connectivity index (χ4n) is 3.12. The minimum atomic E-state index is -0.413. The molecule has 2 heterocycles. The smallest absolute Gasteiger partial charge is 0.322 e. The molecule has 0 aliphatic heterocycles. The maximum Gasteiger partial charge on any atom is 0.322 e. The number of nitrogens with zero attached hydrogens (tertiary/aromatic N) is 3. The highest BCUT2D eigenvalue weighted by Crippen LogP contribution is 2.18. The maximum atomic E-state index is 12.8. The van der Waals surface area contributed by atoms with E-state index in [9.17, 15) is 9.59 Å². The van der Waals surface area contributed by atoms with E-state index >= 15 is 0 Å². The molecule has 156 valence electrons. The number of hydrogen-bond donors (Lipinski definition) is 2. The summed E-state index contributed by atoms with van der Waals surface area (Å²) in [5.41, 5.74) is 2.38. The van der Waals surface area contributed by atoms with Gasteiger partial charge in [0.1, 0.15) is 0 Å².